The van der Waals surface area contributed by atoms with E-state index in [1.54, 1.807) is 6.42 Å². The lowest BCUT2D eigenvalue weighted by Gasteiger charge is -2.05. The quantitative estimate of drug-likeness (QED) is 0.493. The number of hydrogen-bond donors (Lipinski definition) is 0. The fourth-order valence-corrected chi connectivity index (χ4v) is 6.14. The molecule has 6 aliphatic carbocycles. The molecule has 0 amide bonds. The van der Waals surface area contributed by atoms with Crippen molar-refractivity contribution in [2.45, 2.75) is 6.42 Å². The predicted molar refractivity (Wildman–Crippen MR) is 41.7 cm³/mol. The van der Waals surface area contributed by atoms with Crippen LogP contribution in [0.5, 0.6) is 0 Å². The first-order valence-corrected chi connectivity index (χ1v) is 5.05. The summed E-state index contributed by atoms with van der Waals surface area (Å²) in [5, 5.41) is 0. The molecule has 0 radical (unpaired) electrons. The second-order valence-electron chi connectivity index (χ2n) is 5.50. The van der Waals surface area contributed by atoms with Crippen molar-refractivity contribution in [2.75, 3.05) is 0 Å². The molecule has 0 aromatic heterocycles. The van der Waals surface area contributed by atoms with Gasteiger partial charge in [0.25, 0.3) is 0 Å². The minimum atomic E-state index is 0.753. The van der Waals surface area contributed by atoms with Crippen molar-refractivity contribution < 1.29 is 0 Å². The first-order valence-electron chi connectivity index (χ1n) is 5.05. The van der Waals surface area contributed by atoms with E-state index in [9.17, 15) is 0 Å². The summed E-state index contributed by atoms with van der Waals surface area (Å²) in [6, 6.07) is 0. The highest BCUT2D eigenvalue weighted by atomic mass is 15.0. The van der Waals surface area contributed by atoms with Crippen molar-refractivity contribution in [2.24, 2.45) is 46.8 Å². The first kappa shape index (κ1) is 4.69. The van der Waals surface area contributed by atoms with E-state index in [2.05, 4.69) is 12.7 Å². The summed E-state index contributed by atoms with van der Waals surface area (Å²) < 4.78 is 0. The average Bonchev–Trinajstić information content (AvgIpc) is 2.79. The van der Waals surface area contributed by atoms with Crippen LogP contribution in [0.2, 0.25) is 0 Å². The van der Waals surface area contributed by atoms with Crippen LogP contribution in [0.25, 0.3) is 0 Å². The zero-order chi connectivity index (χ0) is 6.96. The largest absolute Gasteiger partial charge is 0.102 e. The summed E-state index contributed by atoms with van der Waals surface area (Å²) in [5.74, 6) is 8.30. The Bertz CT molecular complexity index is 276. The number of rotatable bonds is 1. The Morgan fingerprint density at radius 2 is 1.73 bits per heavy atom. The molecular formula is C11H12. The SMILES string of the molecule is C=CC12C3C4C5CC(C43)C1C52. The third-order valence-electron chi connectivity index (χ3n) is 5.95. The van der Waals surface area contributed by atoms with Crippen molar-refractivity contribution in [1.82, 2.24) is 0 Å². The van der Waals surface area contributed by atoms with Crippen LogP contribution in [0.3, 0.4) is 0 Å². The molecule has 0 nitrogen and oxygen atoms in total. The summed E-state index contributed by atoms with van der Waals surface area (Å²) >= 11 is 0. The highest BCUT2D eigenvalue weighted by Crippen LogP contribution is 3.00. The van der Waals surface area contributed by atoms with E-state index in [-0.39, 0.29) is 0 Å². The summed E-state index contributed by atoms with van der Waals surface area (Å²) in [6.07, 6.45) is 3.97. The van der Waals surface area contributed by atoms with Crippen LogP contribution in [-0.2, 0) is 0 Å². The molecule has 0 aliphatic heterocycles. The molecule has 6 fully saturated rings. The van der Waals surface area contributed by atoms with Gasteiger partial charge in [-0.05, 0) is 53.3 Å². The smallest absolute Gasteiger partial charge is 0.00189 e. The topological polar surface area (TPSA) is 0 Å². The van der Waals surface area contributed by atoms with Crippen LogP contribution in [0.4, 0.5) is 0 Å². The summed E-state index contributed by atoms with van der Waals surface area (Å²) in [7, 11) is 0. The molecule has 56 valence electrons. The molecule has 0 aromatic rings. The van der Waals surface area contributed by atoms with Gasteiger partial charge in [0.1, 0.15) is 0 Å². The normalized spacial score (nSPS) is 89.3. The number of hydrogen-bond acceptors (Lipinski definition) is 0. The Morgan fingerprint density at radius 3 is 2.00 bits per heavy atom. The molecule has 6 unspecified atom stereocenters. The molecule has 0 spiro atoms. The van der Waals surface area contributed by atoms with Crippen LogP contribution in [0, 0.1) is 46.8 Å². The molecule has 2 bridgehead atoms. The van der Waals surface area contributed by atoms with Crippen LogP contribution >= 0.6 is 0 Å². The lowest BCUT2D eigenvalue weighted by Crippen LogP contribution is -2.00. The molecular weight excluding hydrogens is 132 g/mol. The fourth-order valence-electron chi connectivity index (χ4n) is 6.14. The van der Waals surface area contributed by atoms with Gasteiger partial charge >= 0.3 is 0 Å². The van der Waals surface area contributed by atoms with Gasteiger partial charge in [-0.25, -0.2) is 0 Å². The monoisotopic (exact) mass is 144 g/mol. The maximum atomic E-state index is 4.07. The van der Waals surface area contributed by atoms with Crippen LogP contribution in [0.15, 0.2) is 12.7 Å². The molecule has 6 rings (SSSR count). The Balaban J connectivity index is 1.91. The lowest BCUT2D eigenvalue weighted by atomic mass is 9.99. The standard InChI is InChI=1S/C11H12/c1-2-11-8-4-3-5(9(8)11)7-6(4)10(7)11/h2,4-10H,1,3H2. The molecule has 0 heterocycles. The van der Waals surface area contributed by atoms with Crippen molar-refractivity contribution >= 4 is 0 Å². The van der Waals surface area contributed by atoms with Gasteiger partial charge in [-0.3, -0.25) is 0 Å². The summed E-state index contributed by atoms with van der Waals surface area (Å²) in [5.41, 5.74) is 0.753. The van der Waals surface area contributed by atoms with E-state index in [4.69, 9.17) is 0 Å². The Morgan fingerprint density at radius 1 is 1.09 bits per heavy atom. The van der Waals surface area contributed by atoms with Gasteiger partial charge in [-0.2, -0.15) is 0 Å². The fraction of sp³-hybridized carbons (Fsp3) is 0.818. The van der Waals surface area contributed by atoms with E-state index < -0.39 is 0 Å². The van der Waals surface area contributed by atoms with Crippen LogP contribution in [-0.4, -0.2) is 0 Å². The van der Waals surface area contributed by atoms with Gasteiger partial charge in [0.15, 0.2) is 0 Å². The minimum absolute atomic E-state index is 0.753. The van der Waals surface area contributed by atoms with Gasteiger partial charge in [0.05, 0.1) is 0 Å². The molecule has 0 saturated heterocycles. The van der Waals surface area contributed by atoms with Crippen LogP contribution in [0.1, 0.15) is 6.42 Å². The van der Waals surface area contributed by atoms with Gasteiger partial charge in [0.2, 0.25) is 0 Å². The molecule has 0 N–H and O–H groups in total. The highest BCUT2D eigenvalue weighted by molar-refractivity contribution is 5.47. The van der Waals surface area contributed by atoms with Crippen molar-refractivity contribution in [3.05, 3.63) is 12.7 Å². The second kappa shape index (κ2) is 0.901. The molecule has 6 atom stereocenters. The lowest BCUT2D eigenvalue weighted by molar-refractivity contribution is 0.434. The molecule has 11 heavy (non-hydrogen) atoms. The average molecular weight is 144 g/mol. The third-order valence-corrected chi connectivity index (χ3v) is 5.95. The Labute approximate surface area is 66.7 Å². The van der Waals surface area contributed by atoms with Gasteiger partial charge in [-0.15, -0.1) is 6.58 Å². The van der Waals surface area contributed by atoms with Crippen LogP contribution < -0.4 is 0 Å². The Hall–Kier alpha value is -0.260. The van der Waals surface area contributed by atoms with Crippen molar-refractivity contribution in [3.63, 3.8) is 0 Å². The molecule has 0 aromatic carbocycles. The second-order valence-corrected chi connectivity index (χ2v) is 5.50. The molecule has 0 heteroatoms. The minimum Gasteiger partial charge on any atom is -0.102 e. The first-order chi connectivity index (χ1) is 5.41. The maximum absolute atomic E-state index is 4.07. The van der Waals surface area contributed by atoms with E-state index >= 15 is 0 Å². The maximum Gasteiger partial charge on any atom is -0.00189 e. The summed E-state index contributed by atoms with van der Waals surface area (Å²) in [6.45, 7) is 4.07. The van der Waals surface area contributed by atoms with E-state index in [1.807, 2.05) is 0 Å². The van der Waals surface area contributed by atoms with Gasteiger partial charge < -0.3 is 0 Å². The van der Waals surface area contributed by atoms with E-state index in [1.165, 1.54) is 29.6 Å². The number of allylic oxidation sites excluding steroid dienone is 1. The molecule has 6 saturated carbocycles. The summed E-state index contributed by atoms with van der Waals surface area (Å²) in [4.78, 5) is 0. The predicted octanol–water partition coefficient (Wildman–Crippen LogP) is 1.93. The highest BCUT2D eigenvalue weighted by Gasteiger charge is 2.96. The molecule has 6 aliphatic rings. The van der Waals surface area contributed by atoms with E-state index in [0.29, 0.717) is 0 Å². The zero-order valence-corrected chi connectivity index (χ0v) is 6.53. The Kier molecular flexibility index (Phi) is 0.384. The third kappa shape index (κ3) is 0.210. The van der Waals surface area contributed by atoms with Crippen molar-refractivity contribution in [3.8, 4) is 0 Å². The van der Waals surface area contributed by atoms with Gasteiger partial charge in [-0.1, -0.05) is 6.08 Å². The zero-order valence-electron chi connectivity index (χ0n) is 6.53. The van der Waals surface area contributed by atoms with Crippen molar-refractivity contribution in [1.29, 1.82) is 0 Å². The van der Waals surface area contributed by atoms with Gasteiger partial charge in [0, 0.05) is 0 Å². The van der Waals surface area contributed by atoms with E-state index in [0.717, 1.165) is 17.3 Å².